The first-order chi connectivity index (χ1) is 9.02. The lowest BCUT2D eigenvalue weighted by molar-refractivity contribution is 0.442. The highest BCUT2D eigenvalue weighted by Crippen LogP contribution is 2.23. The highest BCUT2D eigenvalue weighted by Gasteiger charge is 2.11. The van der Waals surface area contributed by atoms with E-state index in [2.05, 4.69) is 26.1 Å². The highest BCUT2D eigenvalue weighted by molar-refractivity contribution is 6.35. The molecule has 0 aliphatic heterocycles. The summed E-state index contributed by atoms with van der Waals surface area (Å²) in [5, 5.41) is 5.03. The van der Waals surface area contributed by atoms with Gasteiger partial charge in [0.05, 0.1) is 0 Å². The number of hydrogen-bond donors (Lipinski definition) is 1. The van der Waals surface area contributed by atoms with E-state index in [1.165, 1.54) is 24.8 Å². The van der Waals surface area contributed by atoms with E-state index >= 15 is 0 Å². The molecule has 1 N–H and O–H groups in total. The third-order valence-corrected chi connectivity index (χ3v) is 3.90. The summed E-state index contributed by atoms with van der Waals surface area (Å²) in [6, 6.07) is 6.29. The van der Waals surface area contributed by atoms with Gasteiger partial charge in [0.25, 0.3) is 0 Å². The molecular formula is C16H25Cl2N. The van der Waals surface area contributed by atoms with Crippen LogP contribution in [0.15, 0.2) is 18.2 Å². The van der Waals surface area contributed by atoms with Crippen LogP contribution in [0.5, 0.6) is 0 Å². The van der Waals surface area contributed by atoms with Gasteiger partial charge in [-0.05, 0) is 43.0 Å². The van der Waals surface area contributed by atoms with Gasteiger partial charge in [-0.15, -0.1) is 0 Å². The van der Waals surface area contributed by atoms with Crippen molar-refractivity contribution in [2.75, 3.05) is 6.54 Å². The molecule has 1 atom stereocenters. The van der Waals surface area contributed by atoms with Crippen molar-refractivity contribution in [2.24, 2.45) is 5.92 Å². The summed E-state index contributed by atoms with van der Waals surface area (Å²) in [7, 11) is 0. The molecule has 3 heteroatoms. The topological polar surface area (TPSA) is 12.0 Å². The van der Waals surface area contributed by atoms with Crippen molar-refractivity contribution in [3.05, 3.63) is 33.8 Å². The first-order valence-electron chi connectivity index (χ1n) is 7.20. The van der Waals surface area contributed by atoms with Gasteiger partial charge in [-0.1, -0.05) is 62.9 Å². The molecule has 1 aromatic rings. The van der Waals surface area contributed by atoms with E-state index in [1.54, 1.807) is 0 Å². The van der Waals surface area contributed by atoms with Gasteiger partial charge in [-0.2, -0.15) is 0 Å². The Morgan fingerprint density at radius 3 is 2.47 bits per heavy atom. The maximum atomic E-state index is 6.25. The third-order valence-electron chi connectivity index (χ3n) is 3.31. The molecule has 0 saturated heterocycles. The Morgan fingerprint density at radius 1 is 1.16 bits per heavy atom. The quantitative estimate of drug-likeness (QED) is 0.683. The van der Waals surface area contributed by atoms with Crippen LogP contribution in [0.1, 0.15) is 45.6 Å². The fraction of sp³-hybridized carbons (Fsp3) is 0.625. The Kier molecular flexibility index (Phi) is 7.82. The molecule has 0 spiro atoms. The van der Waals surface area contributed by atoms with Gasteiger partial charge in [0.1, 0.15) is 0 Å². The minimum absolute atomic E-state index is 0.502. The van der Waals surface area contributed by atoms with E-state index in [4.69, 9.17) is 23.2 Å². The number of halogens is 2. The van der Waals surface area contributed by atoms with Gasteiger partial charge in [0.2, 0.25) is 0 Å². The molecule has 0 aromatic heterocycles. The fourth-order valence-corrected chi connectivity index (χ4v) is 2.78. The molecule has 0 aliphatic rings. The predicted molar refractivity (Wildman–Crippen MR) is 86.3 cm³/mol. The van der Waals surface area contributed by atoms with Crippen LogP contribution in [0.3, 0.4) is 0 Å². The first kappa shape index (κ1) is 16.8. The lowest BCUT2D eigenvalue weighted by Gasteiger charge is -2.19. The van der Waals surface area contributed by atoms with Gasteiger partial charge < -0.3 is 5.32 Å². The van der Waals surface area contributed by atoms with E-state index < -0.39 is 0 Å². The van der Waals surface area contributed by atoms with Crippen LogP contribution in [0.4, 0.5) is 0 Å². The van der Waals surface area contributed by atoms with Crippen LogP contribution in [-0.4, -0.2) is 12.6 Å². The fourth-order valence-electron chi connectivity index (χ4n) is 2.29. The van der Waals surface area contributed by atoms with E-state index in [9.17, 15) is 0 Å². The molecule has 1 aromatic carbocycles. The smallest absolute Gasteiger partial charge is 0.0453 e. The summed E-state index contributed by atoms with van der Waals surface area (Å²) < 4.78 is 0. The SMILES string of the molecule is CCNC(CCCC(C)C)Cc1ccc(Cl)cc1Cl. The Bertz CT molecular complexity index is 377. The van der Waals surface area contributed by atoms with Gasteiger partial charge in [-0.3, -0.25) is 0 Å². The van der Waals surface area contributed by atoms with Crippen LogP contribution in [0.2, 0.25) is 10.0 Å². The van der Waals surface area contributed by atoms with Crippen molar-refractivity contribution in [3.63, 3.8) is 0 Å². The Morgan fingerprint density at radius 2 is 1.89 bits per heavy atom. The van der Waals surface area contributed by atoms with Crippen LogP contribution >= 0.6 is 23.2 Å². The van der Waals surface area contributed by atoms with Gasteiger partial charge >= 0.3 is 0 Å². The van der Waals surface area contributed by atoms with Crippen molar-refractivity contribution >= 4 is 23.2 Å². The molecular weight excluding hydrogens is 277 g/mol. The summed E-state index contributed by atoms with van der Waals surface area (Å²) in [6.45, 7) is 7.70. The van der Waals surface area contributed by atoms with Crippen LogP contribution < -0.4 is 5.32 Å². The molecule has 0 saturated carbocycles. The molecule has 1 rings (SSSR count). The van der Waals surface area contributed by atoms with Crippen molar-refractivity contribution in [1.29, 1.82) is 0 Å². The largest absolute Gasteiger partial charge is 0.314 e. The molecule has 19 heavy (non-hydrogen) atoms. The predicted octanol–water partition coefficient (Wildman–Crippen LogP) is 5.34. The second kappa shape index (κ2) is 8.84. The summed E-state index contributed by atoms with van der Waals surface area (Å²) in [5.41, 5.74) is 1.18. The average molecular weight is 302 g/mol. The molecule has 0 radical (unpaired) electrons. The Labute approximate surface area is 127 Å². The summed E-state index contributed by atoms with van der Waals surface area (Å²) in [5.74, 6) is 0.779. The monoisotopic (exact) mass is 301 g/mol. The highest BCUT2D eigenvalue weighted by atomic mass is 35.5. The van der Waals surface area contributed by atoms with E-state index in [1.807, 2.05) is 18.2 Å². The lowest BCUT2D eigenvalue weighted by Crippen LogP contribution is -2.31. The molecule has 0 aliphatic carbocycles. The normalized spacial score (nSPS) is 12.9. The first-order valence-corrected chi connectivity index (χ1v) is 7.95. The Hall–Kier alpha value is -0.240. The molecule has 108 valence electrons. The molecule has 1 nitrogen and oxygen atoms in total. The van der Waals surface area contributed by atoms with Gasteiger partial charge in [-0.25, -0.2) is 0 Å². The number of hydrogen-bond acceptors (Lipinski definition) is 1. The van der Waals surface area contributed by atoms with Crippen molar-refractivity contribution < 1.29 is 0 Å². The van der Waals surface area contributed by atoms with E-state index in [0.29, 0.717) is 11.1 Å². The zero-order valence-electron chi connectivity index (χ0n) is 12.2. The van der Waals surface area contributed by atoms with E-state index in [0.717, 1.165) is 23.9 Å². The maximum Gasteiger partial charge on any atom is 0.0453 e. The zero-order valence-corrected chi connectivity index (χ0v) is 13.7. The number of nitrogens with one attached hydrogen (secondary N) is 1. The molecule has 0 fully saturated rings. The minimum Gasteiger partial charge on any atom is -0.314 e. The second-order valence-corrected chi connectivity index (χ2v) is 6.36. The van der Waals surface area contributed by atoms with Crippen LogP contribution in [0.25, 0.3) is 0 Å². The van der Waals surface area contributed by atoms with Crippen LogP contribution in [0, 0.1) is 5.92 Å². The minimum atomic E-state index is 0.502. The second-order valence-electron chi connectivity index (χ2n) is 5.52. The van der Waals surface area contributed by atoms with Crippen LogP contribution in [-0.2, 0) is 6.42 Å². The number of likely N-dealkylation sites (N-methyl/N-ethyl adjacent to an activating group) is 1. The molecule has 0 heterocycles. The zero-order chi connectivity index (χ0) is 14.3. The molecule has 0 bridgehead atoms. The molecule has 1 unspecified atom stereocenters. The summed E-state index contributed by atoms with van der Waals surface area (Å²) in [6.07, 6.45) is 4.73. The third kappa shape index (κ3) is 6.65. The van der Waals surface area contributed by atoms with E-state index in [-0.39, 0.29) is 0 Å². The summed E-state index contributed by atoms with van der Waals surface area (Å²) >= 11 is 12.2. The van der Waals surface area contributed by atoms with Gasteiger partial charge in [0.15, 0.2) is 0 Å². The van der Waals surface area contributed by atoms with Gasteiger partial charge in [0, 0.05) is 16.1 Å². The number of rotatable bonds is 8. The number of benzene rings is 1. The summed E-state index contributed by atoms with van der Waals surface area (Å²) in [4.78, 5) is 0. The Balaban J connectivity index is 2.56. The van der Waals surface area contributed by atoms with Crippen molar-refractivity contribution in [3.8, 4) is 0 Å². The molecule has 0 amide bonds. The van der Waals surface area contributed by atoms with Crippen molar-refractivity contribution in [2.45, 2.75) is 52.5 Å². The van der Waals surface area contributed by atoms with Crippen molar-refractivity contribution in [1.82, 2.24) is 5.32 Å². The average Bonchev–Trinajstić information content (AvgIpc) is 2.32. The maximum absolute atomic E-state index is 6.25. The standard InChI is InChI=1S/C16H25Cl2N/c1-4-19-15(7-5-6-12(2)3)10-13-8-9-14(17)11-16(13)18/h8-9,11-12,15,19H,4-7,10H2,1-3H3. The lowest BCUT2D eigenvalue weighted by atomic mass is 9.98.